The van der Waals surface area contributed by atoms with Gasteiger partial charge in [0, 0.05) is 31.0 Å². The third-order valence-corrected chi connectivity index (χ3v) is 6.45. The van der Waals surface area contributed by atoms with Crippen LogP contribution >= 0.6 is 0 Å². The third-order valence-electron chi connectivity index (χ3n) is 6.45. The summed E-state index contributed by atoms with van der Waals surface area (Å²) in [4.78, 5) is 32.5. The standard InChI is InChI=1S/C25H40N4O2/c1-7-18(5)29(19(6)8-2)24(30)17-28-22-14-12-11-13-21(22)27-23(28)15-16-26-25(31)20(9-3)10-4/h11-14,18-20H,7-10,15-17H2,1-6H3,(H,26,31). The molecule has 0 radical (unpaired) electrons. The molecular formula is C25H40N4O2. The minimum absolute atomic E-state index is 0.0556. The van der Waals surface area contributed by atoms with Crippen LogP contribution in [0.25, 0.3) is 11.0 Å². The van der Waals surface area contributed by atoms with E-state index >= 15 is 0 Å². The average Bonchev–Trinajstić information content (AvgIpc) is 3.11. The van der Waals surface area contributed by atoms with Crippen LogP contribution in [0.3, 0.4) is 0 Å². The van der Waals surface area contributed by atoms with E-state index in [9.17, 15) is 9.59 Å². The van der Waals surface area contributed by atoms with Crippen molar-refractivity contribution in [3.05, 3.63) is 30.1 Å². The fourth-order valence-corrected chi connectivity index (χ4v) is 4.13. The van der Waals surface area contributed by atoms with E-state index in [1.54, 1.807) is 0 Å². The molecule has 0 aliphatic heterocycles. The Hall–Kier alpha value is -2.37. The zero-order valence-corrected chi connectivity index (χ0v) is 20.1. The molecule has 172 valence electrons. The normalized spacial score (nSPS) is 13.4. The van der Waals surface area contributed by atoms with Crippen LogP contribution in [0.4, 0.5) is 0 Å². The van der Waals surface area contributed by atoms with Crippen molar-refractivity contribution in [2.45, 2.75) is 92.3 Å². The molecule has 6 nitrogen and oxygen atoms in total. The highest BCUT2D eigenvalue weighted by Gasteiger charge is 2.25. The molecule has 1 aromatic heterocycles. The van der Waals surface area contributed by atoms with Gasteiger partial charge in [0.2, 0.25) is 11.8 Å². The number of rotatable bonds is 12. The van der Waals surface area contributed by atoms with Gasteiger partial charge in [0.15, 0.2) is 0 Å². The molecule has 2 aromatic rings. The van der Waals surface area contributed by atoms with Gasteiger partial charge in [0.25, 0.3) is 0 Å². The lowest BCUT2D eigenvalue weighted by molar-refractivity contribution is -0.136. The smallest absolute Gasteiger partial charge is 0.243 e. The highest BCUT2D eigenvalue weighted by Crippen LogP contribution is 2.19. The first kappa shape index (κ1) is 24.9. The Morgan fingerprint density at radius 1 is 1.00 bits per heavy atom. The molecule has 0 saturated heterocycles. The van der Waals surface area contributed by atoms with Gasteiger partial charge in [0.05, 0.1) is 11.0 Å². The maximum Gasteiger partial charge on any atom is 0.243 e. The van der Waals surface area contributed by atoms with Crippen molar-refractivity contribution in [3.63, 3.8) is 0 Å². The van der Waals surface area contributed by atoms with Crippen LogP contribution in [0.5, 0.6) is 0 Å². The van der Waals surface area contributed by atoms with Gasteiger partial charge in [0.1, 0.15) is 12.4 Å². The van der Waals surface area contributed by atoms with Gasteiger partial charge < -0.3 is 14.8 Å². The number of nitrogens with zero attached hydrogens (tertiary/aromatic N) is 3. The summed E-state index contributed by atoms with van der Waals surface area (Å²) in [6.07, 6.45) is 4.14. The molecule has 0 bridgehead atoms. The Bertz CT molecular complexity index is 846. The maximum absolute atomic E-state index is 13.4. The number of para-hydroxylation sites is 2. The monoisotopic (exact) mass is 428 g/mol. The molecule has 1 heterocycles. The van der Waals surface area contributed by atoms with Crippen molar-refractivity contribution in [1.29, 1.82) is 0 Å². The Labute approximate surface area is 187 Å². The molecule has 0 fully saturated rings. The highest BCUT2D eigenvalue weighted by molar-refractivity contribution is 5.81. The Kier molecular flexibility index (Phi) is 9.53. The molecule has 2 rings (SSSR count). The molecule has 0 spiro atoms. The van der Waals surface area contributed by atoms with Crippen LogP contribution in [0.2, 0.25) is 0 Å². The van der Waals surface area contributed by atoms with Gasteiger partial charge in [-0.05, 0) is 51.7 Å². The van der Waals surface area contributed by atoms with Crippen LogP contribution in [-0.2, 0) is 22.6 Å². The first-order valence-electron chi connectivity index (χ1n) is 11.9. The van der Waals surface area contributed by atoms with Gasteiger partial charge in [-0.1, -0.05) is 39.8 Å². The number of hydrogen-bond donors (Lipinski definition) is 1. The molecule has 1 aromatic carbocycles. The van der Waals surface area contributed by atoms with Crippen molar-refractivity contribution in [3.8, 4) is 0 Å². The minimum atomic E-state index is 0.0556. The van der Waals surface area contributed by atoms with E-state index in [1.165, 1.54) is 0 Å². The zero-order valence-electron chi connectivity index (χ0n) is 20.1. The van der Waals surface area contributed by atoms with E-state index in [0.717, 1.165) is 42.5 Å². The molecule has 31 heavy (non-hydrogen) atoms. The van der Waals surface area contributed by atoms with E-state index < -0.39 is 0 Å². The maximum atomic E-state index is 13.4. The first-order valence-corrected chi connectivity index (χ1v) is 11.9. The van der Waals surface area contributed by atoms with Crippen LogP contribution in [0, 0.1) is 5.92 Å². The Balaban J connectivity index is 2.24. The topological polar surface area (TPSA) is 67.2 Å². The molecule has 2 unspecified atom stereocenters. The number of hydrogen-bond acceptors (Lipinski definition) is 3. The molecule has 0 aliphatic rings. The molecule has 1 N–H and O–H groups in total. The third kappa shape index (κ3) is 6.08. The van der Waals surface area contributed by atoms with Crippen LogP contribution < -0.4 is 5.32 Å². The molecule has 6 heteroatoms. The van der Waals surface area contributed by atoms with E-state index in [4.69, 9.17) is 4.98 Å². The Morgan fingerprint density at radius 3 is 2.19 bits per heavy atom. The number of imidazole rings is 1. The summed E-state index contributed by atoms with van der Waals surface area (Å²) >= 11 is 0. The lowest BCUT2D eigenvalue weighted by atomic mass is 10.0. The van der Waals surface area contributed by atoms with Crippen molar-refractivity contribution in [2.24, 2.45) is 5.92 Å². The first-order chi connectivity index (χ1) is 14.9. The van der Waals surface area contributed by atoms with E-state index in [0.29, 0.717) is 13.0 Å². The predicted molar refractivity (Wildman–Crippen MR) is 127 cm³/mol. The van der Waals surface area contributed by atoms with E-state index in [1.807, 2.05) is 47.6 Å². The van der Waals surface area contributed by atoms with Crippen molar-refractivity contribution < 1.29 is 9.59 Å². The summed E-state index contributed by atoms with van der Waals surface area (Å²) in [6.45, 7) is 13.3. The molecule has 2 amide bonds. The van der Waals surface area contributed by atoms with Crippen molar-refractivity contribution in [1.82, 2.24) is 19.8 Å². The van der Waals surface area contributed by atoms with Gasteiger partial charge in [-0.15, -0.1) is 0 Å². The lowest BCUT2D eigenvalue weighted by Gasteiger charge is -2.34. The second kappa shape index (κ2) is 11.9. The van der Waals surface area contributed by atoms with Crippen molar-refractivity contribution in [2.75, 3.05) is 6.54 Å². The molecule has 2 atom stereocenters. The highest BCUT2D eigenvalue weighted by atomic mass is 16.2. The van der Waals surface area contributed by atoms with Gasteiger partial charge in [-0.25, -0.2) is 4.98 Å². The van der Waals surface area contributed by atoms with Gasteiger partial charge in [-0.3, -0.25) is 9.59 Å². The number of benzene rings is 1. The number of amides is 2. The summed E-state index contributed by atoms with van der Waals surface area (Å²) in [5, 5.41) is 3.05. The number of nitrogens with one attached hydrogen (secondary N) is 1. The summed E-state index contributed by atoms with van der Waals surface area (Å²) in [5.41, 5.74) is 1.85. The quantitative estimate of drug-likeness (QED) is 0.539. The fraction of sp³-hybridized carbons (Fsp3) is 0.640. The fourth-order valence-electron chi connectivity index (χ4n) is 4.13. The van der Waals surface area contributed by atoms with E-state index in [-0.39, 0.29) is 36.4 Å². The summed E-state index contributed by atoms with van der Waals surface area (Å²) in [7, 11) is 0. The minimum Gasteiger partial charge on any atom is -0.355 e. The predicted octanol–water partition coefficient (Wildman–Crippen LogP) is 4.56. The largest absolute Gasteiger partial charge is 0.355 e. The van der Waals surface area contributed by atoms with Crippen molar-refractivity contribution >= 4 is 22.8 Å². The molecular weight excluding hydrogens is 388 g/mol. The average molecular weight is 429 g/mol. The number of fused-ring (bicyclic) bond motifs is 1. The summed E-state index contributed by atoms with van der Waals surface area (Å²) < 4.78 is 2.03. The summed E-state index contributed by atoms with van der Waals surface area (Å²) in [5.74, 6) is 1.12. The number of carbonyl (C=O) groups is 2. The second-order valence-electron chi connectivity index (χ2n) is 8.47. The summed E-state index contributed by atoms with van der Waals surface area (Å²) in [6, 6.07) is 8.32. The van der Waals surface area contributed by atoms with Crippen LogP contribution in [0.1, 0.15) is 73.1 Å². The number of carbonyl (C=O) groups excluding carboxylic acids is 2. The second-order valence-corrected chi connectivity index (χ2v) is 8.47. The van der Waals surface area contributed by atoms with Crippen LogP contribution in [-0.4, -0.2) is 44.9 Å². The van der Waals surface area contributed by atoms with Gasteiger partial charge in [-0.2, -0.15) is 0 Å². The molecule has 0 aliphatic carbocycles. The van der Waals surface area contributed by atoms with Crippen LogP contribution in [0.15, 0.2) is 24.3 Å². The Morgan fingerprint density at radius 2 is 1.61 bits per heavy atom. The SMILES string of the molecule is CCC(CC)C(=O)NCCc1nc2ccccc2n1CC(=O)N(C(C)CC)C(C)CC. The molecule has 0 saturated carbocycles. The van der Waals surface area contributed by atoms with E-state index in [2.05, 4.69) is 33.0 Å². The zero-order chi connectivity index (χ0) is 23.0. The van der Waals surface area contributed by atoms with Gasteiger partial charge >= 0.3 is 0 Å². The lowest BCUT2D eigenvalue weighted by Crippen LogP contribution is -2.46. The number of aromatic nitrogens is 2.